The van der Waals surface area contributed by atoms with Gasteiger partial charge in [-0.3, -0.25) is 14.5 Å². The summed E-state index contributed by atoms with van der Waals surface area (Å²) in [6, 6.07) is 4.59. The second kappa shape index (κ2) is 7.40. The van der Waals surface area contributed by atoms with Crippen LogP contribution >= 0.6 is 23.2 Å². The number of imide groups is 1. The Morgan fingerprint density at radius 3 is 2.42 bits per heavy atom. The molecule has 2 rings (SSSR count). The molecule has 1 saturated heterocycles. The molecule has 3 amide bonds. The maximum Gasteiger partial charge on any atom is 0.325 e. The maximum atomic E-state index is 12.0. The van der Waals surface area contributed by atoms with E-state index in [-0.39, 0.29) is 25.5 Å². The smallest absolute Gasteiger partial charge is 0.325 e. The highest BCUT2D eigenvalue weighted by molar-refractivity contribution is 6.35. The van der Waals surface area contributed by atoms with Crippen molar-refractivity contribution in [1.29, 1.82) is 0 Å². The number of urea groups is 1. The van der Waals surface area contributed by atoms with E-state index in [1.807, 2.05) is 0 Å². The summed E-state index contributed by atoms with van der Waals surface area (Å²) in [5, 5.41) is 3.44. The van der Waals surface area contributed by atoms with Crippen LogP contribution in [0.3, 0.4) is 0 Å². The molecular formula is C16H18Cl2N2O4. The Morgan fingerprint density at radius 1 is 1.25 bits per heavy atom. The highest BCUT2D eigenvalue weighted by atomic mass is 35.5. The number of amides is 3. The number of carbonyl (C=O) groups is 3. The van der Waals surface area contributed by atoms with Crippen molar-refractivity contribution in [3.63, 3.8) is 0 Å². The van der Waals surface area contributed by atoms with Gasteiger partial charge in [-0.25, -0.2) is 4.79 Å². The van der Waals surface area contributed by atoms with Gasteiger partial charge in [0.05, 0.1) is 0 Å². The average molecular weight is 373 g/mol. The predicted octanol–water partition coefficient (Wildman–Crippen LogP) is 3.15. The normalized spacial score (nSPS) is 16.2. The minimum absolute atomic E-state index is 0.0203. The quantitative estimate of drug-likeness (QED) is 0.614. The van der Waals surface area contributed by atoms with Crippen molar-refractivity contribution in [2.45, 2.75) is 38.8 Å². The van der Waals surface area contributed by atoms with E-state index >= 15 is 0 Å². The van der Waals surface area contributed by atoms with Crippen LogP contribution in [0, 0.1) is 0 Å². The number of nitrogens with one attached hydrogen (secondary N) is 1. The molecule has 1 N–H and O–H groups in total. The van der Waals surface area contributed by atoms with Crippen molar-refractivity contribution in [1.82, 2.24) is 10.2 Å². The summed E-state index contributed by atoms with van der Waals surface area (Å²) in [6.45, 7) is 3.41. The first-order valence-electron chi connectivity index (χ1n) is 7.45. The van der Waals surface area contributed by atoms with E-state index in [1.54, 1.807) is 32.0 Å². The van der Waals surface area contributed by atoms with Crippen LogP contribution in [0.25, 0.3) is 0 Å². The van der Waals surface area contributed by atoms with E-state index in [1.165, 1.54) is 0 Å². The predicted molar refractivity (Wildman–Crippen MR) is 89.8 cm³/mol. The summed E-state index contributed by atoms with van der Waals surface area (Å²) in [5.74, 6) is -0.749. The topological polar surface area (TPSA) is 75.7 Å². The molecule has 0 radical (unpaired) electrons. The van der Waals surface area contributed by atoms with E-state index < -0.39 is 17.5 Å². The molecule has 0 aliphatic carbocycles. The van der Waals surface area contributed by atoms with Crippen molar-refractivity contribution < 1.29 is 19.1 Å². The van der Waals surface area contributed by atoms with Crippen LogP contribution in [-0.2, 0) is 20.9 Å². The number of carbonyl (C=O) groups excluding carboxylic acids is 3. The lowest BCUT2D eigenvalue weighted by atomic mass is 10.1. The fourth-order valence-corrected chi connectivity index (χ4v) is 2.80. The molecule has 130 valence electrons. The Bertz CT molecular complexity index is 656. The van der Waals surface area contributed by atoms with Crippen molar-refractivity contribution in [2.75, 3.05) is 6.54 Å². The third-order valence-electron chi connectivity index (χ3n) is 3.65. The fraction of sp³-hybridized carbons (Fsp3) is 0.438. The molecule has 1 aromatic carbocycles. The van der Waals surface area contributed by atoms with Gasteiger partial charge in [-0.2, -0.15) is 0 Å². The molecule has 0 saturated carbocycles. The molecular weight excluding hydrogens is 355 g/mol. The number of rotatable bonds is 6. The van der Waals surface area contributed by atoms with Gasteiger partial charge in [0.2, 0.25) is 0 Å². The van der Waals surface area contributed by atoms with Crippen molar-refractivity contribution in [2.24, 2.45) is 0 Å². The summed E-state index contributed by atoms with van der Waals surface area (Å²) in [5.41, 5.74) is -0.358. The second-order valence-electron chi connectivity index (χ2n) is 5.98. The van der Waals surface area contributed by atoms with Gasteiger partial charge in [-0.05, 0) is 32.4 Å². The van der Waals surface area contributed by atoms with Crippen LogP contribution in [0.1, 0.15) is 32.3 Å². The zero-order chi connectivity index (χ0) is 17.9. The summed E-state index contributed by atoms with van der Waals surface area (Å²) >= 11 is 12.0. The van der Waals surface area contributed by atoms with Crippen LogP contribution in [0.15, 0.2) is 18.2 Å². The summed E-state index contributed by atoms with van der Waals surface area (Å²) in [7, 11) is 0. The van der Waals surface area contributed by atoms with Crippen LogP contribution < -0.4 is 5.32 Å². The van der Waals surface area contributed by atoms with Gasteiger partial charge < -0.3 is 10.1 Å². The highest BCUT2D eigenvalue weighted by Gasteiger charge is 2.43. The summed E-state index contributed by atoms with van der Waals surface area (Å²) in [4.78, 5) is 36.6. The minimum Gasteiger partial charge on any atom is -0.461 e. The molecule has 0 bridgehead atoms. The Morgan fingerprint density at radius 2 is 1.88 bits per heavy atom. The lowest BCUT2D eigenvalue weighted by molar-refractivity contribution is -0.145. The molecule has 0 unspecified atom stereocenters. The zero-order valence-electron chi connectivity index (χ0n) is 13.4. The number of halogens is 2. The molecule has 1 aromatic rings. The SMILES string of the molecule is CC1(C)NC(=O)N(CCCC(=O)OCc2c(Cl)cccc2Cl)C1=O. The first-order chi connectivity index (χ1) is 11.2. The molecule has 0 spiro atoms. The monoisotopic (exact) mass is 372 g/mol. The Labute approximate surface area is 150 Å². The number of nitrogens with zero attached hydrogens (tertiary/aromatic N) is 1. The van der Waals surface area contributed by atoms with E-state index in [9.17, 15) is 14.4 Å². The summed E-state index contributed by atoms with van der Waals surface area (Å²) < 4.78 is 5.14. The molecule has 1 aliphatic rings. The molecule has 24 heavy (non-hydrogen) atoms. The van der Waals surface area contributed by atoms with Crippen molar-refractivity contribution >= 4 is 41.1 Å². The first kappa shape index (κ1) is 18.5. The number of benzene rings is 1. The Balaban J connectivity index is 1.78. The van der Waals surface area contributed by atoms with E-state index in [4.69, 9.17) is 27.9 Å². The van der Waals surface area contributed by atoms with E-state index in [0.717, 1.165) is 4.90 Å². The maximum absolute atomic E-state index is 12.0. The van der Waals surface area contributed by atoms with Crippen LogP contribution in [0.4, 0.5) is 4.79 Å². The molecule has 0 aromatic heterocycles. The van der Waals surface area contributed by atoms with Crippen LogP contribution in [0.5, 0.6) is 0 Å². The number of ether oxygens (including phenoxy) is 1. The number of esters is 1. The second-order valence-corrected chi connectivity index (χ2v) is 6.79. The highest BCUT2D eigenvalue weighted by Crippen LogP contribution is 2.25. The third-order valence-corrected chi connectivity index (χ3v) is 4.35. The van der Waals surface area contributed by atoms with Gasteiger partial charge in [0.1, 0.15) is 12.1 Å². The van der Waals surface area contributed by atoms with Gasteiger partial charge in [0, 0.05) is 28.6 Å². The van der Waals surface area contributed by atoms with Gasteiger partial charge in [-0.15, -0.1) is 0 Å². The van der Waals surface area contributed by atoms with Gasteiger partial charge in [0.15, 0.2) is 0 Å². The molecule has 6 nitrogen and oxygen atoms in total. The van der Waals surface area contributed by atoms with Crippen molar-refractivity contribution in [3.05, 3.63) is 33.8 Å². The summed E-state index contributed by atoms with van der Waals surface area (Å²) in [6.07, 6.45) is 0.407. The average Bonchev–Trinajstić information content (AvgIpc) is 2.68. The van der Waals surface area contributed by atoms with Crippen LogP contribution in [0.2, 0.25) is 10.0 Å². The number of hydrogen-bond acceptors (Lipinski definition) is 4. The third kappa shape index (κ3) is 4.19. The fourth-order valence-electron chi connectivity index (χ4n) is 2.30. The molecule has 1 fully saturated rings. The van der Waals surface area contributed by atoms with E-state index in [2.05, 4.69) is 5.32 Å². The molecule has 1 heterocycles. The minimum atomic E-state index is -0.904. The largest absolute Gasteiger partial charge is 0.461 e. The lowest BCUT2D eigenvalue weighted by Gasteiger charge is -2.15. The van der Waals surface area contributed by atoms with Gasteiger partial charge in [-0.1, -0.05) is 29.3 Å². The molecule has 0 atom stereocenters. The lowest BCUT2D eigenvalue weighted by Crippen LogP contribution is -2.40. The van der Waals surface area contributed by atoms with Crippen LogP contribution in [-0.4, -0.2) is 34.9 Å². The van der Waals surface area contributed by atoms with Gasteiger partial charge >= 0.3 is 12.0 Å². The van der Waals surface area contributed by atoms with Crippen molar-refractivity contribution in [3.8, 4) is 0 Å². The Hall–Kier alpha value is -1.79. The Kier molecular flexibility index (Phi) is 5.72. The molecule has 8 heteroatoms. The standard InChI is InChI=1S/C16H18Cl2N2O4/c1-16(2)14(22)20(15(23)19-16)8-4-7-13(21)24-9-10-11(17)5-3-6-12(10)18/h3,5-6H,4,7-9H2,1-2H3,(H,19,23). The van der Waals surface area contributed by atoms with E-state index in [0.29, 0.717) is 22.0 Å². The first-order valence-corrected chi connectivity index (χ1v) is 8.20. The van der Waals surface area contributed by atoms with Gasteiger partial charge in [0.25, 0.3) is 5.91 Å². The number of hydrogen-bond donors (Lipinski definition) is 1. The molecule has 1 aliphatic heterocycles. The zero-order valence-corrected chi connectivity index (χ0v) is 14.9.